The van der Waals surface area contributed by atoms with E-state index < -0.39 is 10.0 Å². The van der Waals surface area contributed by atoms with Crippen LogP contribution >= 0.6 is 0 Å². The summed E-state index contributed by atoms with van der Waals surface area (Å²) < 4.78 is 25.6. The van der Waals surface area contributed by atoms with Gasteiger partial charge in [-0.15, -0.1) is 0 Å². The summed E-state index contributed by atoms with van der Waals surface area (Å²) in [5.41, 5.74) is 1.09. The smallest absolute Gasteiger partial charge is 0.319 e. The first-order valence-corrected chi connectivity index (χ1v) is 11.5. The molecular weight excluding hydrogens is 380 g/mol. The van der Waals surface area contributed by atoms with Crippen LogP contribution in [-0.4, -0.2) is 62.1 Å². The van der Waals surface area contributed by atoms with E-state index in [4.69, 9.17) is 0 Å². The minimum Gasteiger partial charge on any atom is -0.326 e. The van der Waals surface area contributed by atoms with E-state index in [1.807, 2.05) is 9.80 Å². The Labute approximate surface area is 166 Å². The molecule has 1 aromatic carbocycles. The summed E-state index contributed by atoms with van der Waals surface area (Å²) in [5, 5.41) is 2.88. The number of sulfonamides is 1. The highest BCUT2D eigenvalue weighted by molar-refractivity contribution is 7.92. The Kier molecular flexibility index (Phi) is 6.43. The van der Waals surface area contributed by atoms with Crippen LogP contribution in [0.15, 0.2) is 24.3 Å². The van der Waals surface area contributed by atoms with E-state index in [0.717, 1.165) is 25.9 Å². The van der Waals surface area contributed by atoms with Crippen molar-refractivity contribution >= 4 is 33.3 Å². The molecule has 28 heavy (non-hydrogen) atoms. The molecule has 2 saturated heterocycles. The van der Waals surface area contributed by atoms with E-state index in [2.05, 4.69) is 10.0 Å². The van der Waals surface area contributed by atoms with Gasteiger partial charge in [-0.1, -0.05) is 0 Å². The number of carbonyl (C=O) groups excluding carboxylic acids is 2. The molecule has 0 aromatic heterocycles. The Balaban J connectivity index is 1.48. The predicted octanol–water partition coefficient (Wildman–Crippen LogP) is 2.31. The average Bonchev–Trinajstić information content (AvgIpc) is 3.23. The second-order valence-corrected chi connectivity index (χ2v) is 9.32. The number of carbonyl (C=O) groups is 2. The number of hydrogen-bond donors (Lipinski definition) is 2. The van der Waals surface area contributed by atoms with E-state index in [1.54, 1.807) is 31.2 Å². The number of likely N-dealkylation sites (tertiary alicyclic amines) is 2. The molecule has 3 amide bonds. The summed E-state index contributed by atoms with van der Waals surface area (Å²) in [6.45, 7) is 4.45. The van der Waals surface area contributed by atoms with E-state index in [-0.39, 0.29) is 23.6 Å². The minimum atomic E-state index is -3.32. The fourth-order valence-electron chi connectivity index (χ4n) is 3.56. The molecule has 1 aromatic rings. The normalized spacial score (nSPS) is 18.2. The van der Waals surface area contributed by atoms with E-state index in [1.165, 1.54) is 0 Å². The Morgan fingerprint density at radius 2 is 1.50 bits per heavy atom. The molecule has 0 saturated carbocycles. The molecule has 0 unspecified atom stereocenters. The predicted molar refractivity (Wildman–Crippen MR) is 109 cm³/mol. The van der Waals surface area contributed by atoms with Gasteiger partial charge in [0.25, 0.3) is 0 Å². The number of amides is 3. The second-order valence-electron chi connectivity index (χ2n) is 7.31. The van der Waals surface area contributed by atoms with Gasteiger partial charge in [0.1, 0.15) is 0 Å². The number of urea groups is 1. The van der Waals surface area contributed by atoms with Crippen LogP contribution < -0.4 is 10.0 Å². The zero-order valence-electron chi connectivity index (χ0n) is 16.2. The van der Waals surface area contributed by atoms with Crippen molar-refractivity contribution in [2.24, 2.45) is 5.92 Å². The van der Waals surface area contributed by atoms with Crippen molar-refractivity contribution in [2.75, 3.05) is 42.0 Å². The van der Waals surface area contributed by atoms with Crippen molar-refractivity contribution in [3.63, 3.8) is 0 Å². The molecule has 9 heteroatoms. The van der Waals surface area contributed by atoms with Gasteiger partial charge in [-0.3, -0.25) is 9.52 Å². The average molecular weight is 409 g/mol. The van der Waals surface area contributed by atoms with Gasteiger partial charge in [0.15, 0.2) is 0 Å². The van der Waals surface area contributed by atoms with Crippen LogP contribution in [0.4, 0.5) is 16.2 Å². The van der Waals surface area contributed by atoms with Crippen molar-refractivity contribution in [3.8, 4) is 0 Å². The Hall–Kier alpha value is -2.29. The van der Waals surface area contributed by atoms with Crippen molar-refractivity contribution in [1.82, 2.24) is 9.80 Å². The molecule has 3 rings (SSSR count). The lowest BCUT2D eigenvalue weighted by molar-refractivity contribution is -0.121. The summed E-state index contributed by atoms with van der Waals surface area (Å²) in [6.07, 6.45) is 3.45. The van der Waals surface area contributed by atoms with Crippen LogP contribution in [-0.2, 0) is 14.8 Å². The largest absolute Gasteiger partial charge is 0.326 e. The standard InChI is InChI=1S/C19H28N4O4S/c1-2-28(26,27)21-17-7-5-16(6-8-17)20-18(24)15-9-13-23(14-10-15)19(25)22-11-3-4-12-22/h5-8,15,21H,2-4,9-14H2,1H3,(H,20,24). The van der Waals surface area contributed by atoms with E-state index in [9.17, 15) is 18.0 Å². The van der Waals surface area contributed by atoms with Crippen LogP contribution in [0.2, 0.25) is 0 Å². The summed E-state index contributed by atoms with van der Waals surface area (Å²) in [4.78, 5) is 28.7. The van der Waals surface area contributed by atoms with Crippen molar-refractivity contribution in [2.45, 2.75) is 32.6 Å². The molecule has 2 N–H and O–H groups in total. The maximum Gasteiger partial charge on any atom is 0.319 e. The summed E-state index contributed by atoms with van der Waals surface area (Å²) >= 11 is 0. The van der Waals surface area contributed by atoms with Gasteiger partial charge in [-0.25, -0.2) is 13.2 Å². The number of anilines is 2. The quantitative estimate of drug-likeness (QED) is 0.781. The molecular formula is C19H28N4O4S. The zero-order valence-corrected chi connectivity index (χ0v) is 17.0. The third kappa shape index (κ3) is 5.15. The van der Waals surface area contributed by atoms with Crippen molar-refractivity contribution in [1.29, 1.82) is 0 Å². The van der Waals surface area contributed by atoms with E-state index >= 15 is 0 Å². The monoisotopic (exact) mass is 408 g/mol. The topological polar surface area (TPSA) is 98.8 Å². The summed E-state index contributed by atoms with van der Waals surface area (Å²) in [7, 11) is -3.32. The molecule has 2 aliphatic rings. The number of nitrogens with one attached hydrogen (secondary N) is 2. The second kappa shape index (κ2) is 8.81. The van der Waals surface area contributed by atoms with Crippen LogP contribution in [0.25, 0.3) is 0 Å². The van der Waals surface area contributed by atoms with E-state index in [0.29, 0.717) is 37.3 Å². The molecule has 154 valence electrons. The highest BCUT2D eigenvalue weighted by atomic mass is 32.2. The number of nitrogens with zero attached hydrogens (tertiary/aromatic N) is 2. The Morgan fingerprint density at radius 3 is 2.07 bits per heavy atom. The molecule has 0 spiro atoms. The van der Waals surface area contributed by atoms with Crippen LogP contribution in [0.1, 0.15) is 32.6 Å². The van der Waals surface area contributed by atoms with Crippen molar-refractivity contribution in [3.05, 3.63) is 24.3 Å². The molecule has 0 bridgehead atoms. The van der Waals surface area contributed by atoms with Gasteiger partial charge in [0.2, 0.25) is 15.9 Å². The lowest BCUT2D eigenvalue weighted by Crippen LogP contribution is -2.47. The summed E-state index contributed by atoms with van der Waals surface area (Å²) in [6, 6.07) is 6.70. The molecule has 0 radical (unpaired) electrons. The molecule has 0 aliphatic carbocycles. The highest BCUT2D eigenvalue weighted by Crippen LogP contribution is 2.22. The molecule has 2 aliphatic heterocycles. The van der Waals surface area contributed by atoms with Crippen LogP contribution in [0, 0.1) is 5.92 Å². The molecule has 8 nitrogen and oxygen atoms in total. The van der Waals surface area contributed by atoms with Gasteiger partial charge in [-0.05, 0) is 56.9 Å². The maximum atomic E-state index is 12.5. The Morgan fingerprint density at radius 1 is 0.964 bits per heavy atom. The maximum absolute atomic E-state index is 12.5. The first kappa shape index (κ1) is 20.4. The van der Waals surface area contributed by atoms with Gasteiger partial charge in [0.05, 0.1) is 5.75 Å². The van der Waals surface area contributed by atoms with Gasteiger partial charge < -0.3 is 15.1 Å². The van der Waals surface area contributed by atoms with Crippen LogP contribution in [0.5, 0.6) is 0 Å². The fourth-order valence-corrected chi connectivity index (χ4v) is 4.20. The lowest BCUT2D eigenvalue weighted by atomic mass is 9.96. The zero-order chi connectivity index (χ0) is 20.1. The van der Waals surface area contributed by atoms with Gasteiger partial charge in [0, 0.05) is 43.5 Å². The number of benzene rings is 1. The number of hydrogen-bond acceptors (Lipinski definition) is 4. The molecule has 0 atom stereocenters. The van der Waals surface area contributed by atoms with Gasteiger partial charge in [-0.2, -0.15) is 0 Å². The number of piperidine rings is 1. The van der Waals surface area contributed by atoms with Gasteiger partial charge >= 0.3 is 6.03 Å². The summed E-state index contributed by atoms with van der Waals surface area (Å²) in [5.74, 6) is -0.180. The third-order valence-corrected chi connectivity index (χ3v) is 6.63. The third-order valence-electron chi connectivity index (χ3n) is 5.32. The minimum absolute atomic E-state index is 0.00441. The first-order chi connectivity index (χ1) is 13.4. The first-order valence-electron chi connectivity index (χ1n) is 9.83. The van der Waals surface area contributed by atoms with Crippen molar-refractivity contribution < 1.29 is 18.0 Å². The molecule has 2 heterocycles. The fraction of sp³-hybridized carbons (Fsp3) is 0.579. The highest BCUT2D eigenvalue weighted by Gasteiger charge is 2.30. The Bertz CT molecular complexity index is 796. The lowest BCUT2D eigenvalue weighted by Gasteiger charge is -2.34. The SMILES string of the molecule is CCS(=O)(=O)Nc1ccc(NC(=O)C2CCN(C(=O)N3CCCC3)CC2)cc1. The van der Waals surface area contributed by atoms with Crippen LogP contribution in [0.3, 0.4) is 0 Å². The molecule has 2 fully saturated rings. The number of rotatable bonds is 5.